The predicted octanol–water partition coefficient (Wildman–Crippen LogP) is 0.793. The molecule has 0 radical (unpaired) electrons. The molecule has 0 saturated carbocycles. The van der Waals surface area contributed by atoms with Gasteiger partial charge < -0.3 is 5.73 Å². The molecule has 3 rings (SSSR count). The molecule has 0 bridgehead atoms. The largest absolute Gasteiger partial charge is 0.398 e. The Morgan fingerprint density at radius 3 is 2.39 bits per heavy atom. The van der Waals surface area contributed by atoms with Crippen LogP contribution < -0.4 is 11.1 Å². The number of hydrogen-bond donors (Lipinski definition) is 2. The van der Waals surface area contributed by atoms with E-state index in [2.05, 4.69) is 5.32 Å². The molecule has 1 unspecified atom stereocenters. The first kappa shape index (κ1) is 15.2. The Morgan fingerprint density at radius 1 is 1.13 bits per heavy atom. The normalized spacial score (nSPS) is 21.0. The highest BCUT2D eigenvalue weighted by Gasteiger charge is 2.46. The zero-order valence-electron chi connectivity index (χ0n) is 12.9. The molecule has 23 heavy (non-hydrogen) atoms. The number of anilines is 1. The second kappa shape index (κ2) is 5.19. The minimum atomic E-state index is -0.973. The van der Waals surface area contributed by atoms with Gasteiger partial charge in [0.2, 0.25) is 11.8 Å². The summed E-state index contributed by atoms with van der Waals surface area (Å²) in [5, 5.41) is 2.17. The molecule has 1 aromatic carbocycles. The Hall–Kier alpha value is -2.70. The number of rotatable bonds is 2. The van der Waals surface area contributed by atoms with Crippen molar-refractivity contribution in [3.05, 3.63) is 28.8 Å². The predicted molar refractivity (Wildman–Crippen MR) is 81.6 cm³/mol. The number of fused-ring (bicyclic) bond motifs is 1. The lowest BCUT2D eigenvalue weighted by atomic mass is 9.93. The van der Waals surface area contributed by atoms with Gasteiger partial charge in [-0.15, -0.1) is 0 Å². The van der Waals surface area contributed by atoms with E-state index in [-0.39, 0.29) is 35.6 Å². The van der Waals surface area contributed by atoms with Crippen LogP contribution in [0.5, 0.6) is 0 Å². The van der Waals surface area contributed by atoms with Gasteiger partial charge in [0.15, 0.2) is 0 Å². The van der Waals surface area contributed by atoms with Crippen molar-refractivity contribution in [3.63, 3.8) is 0 Å². The molecule has 1 atom stereocenters. The van der Waals surface area contributed by atoms with Crippen molar-refractivity contribution in [1.29, 1.82) is 0 Å². The smallest absolute Gasteiger partial charge is 0.264 e. The Morgan fingerprint density at radius 2 is 1.78 bits per heavy atom. The van der Waals surface area contributed by atoms with Gasteiger partial charge in [-0.2, -0.15) is 0 Å². The van der Waals surface area contributed by atoms with Gasteiger partial charge in [0.25, 0.3) is 11.8 Å². The summed E-state index contributed by atoms with van der Waals surface area (Å²) in [6.45, 7) is 3.83. The molecule has 0 aliphatic carbocycles. The number of nitrogen functional groups attached to an aromatic ring is 1. The summed E-state index contributed by atoms with van der Waals surface area (Å²) < 4.78 is 0. The summed E-state index contributed by atoms with van der Waals surface area (Å²) in [5.41, 5.74) is 7.26. The van der Waals surface area contributed by atoms with Crippen LogP contribution in [-0.4, -0.2) is 34.6 Å². The summed E-state index contributed by atoms with van der Waals surface area (Å²) in [4.78, 5) is 49.7. The highest BCUT2D eigenvalue weighted by molar-refractivity contribution is 6.26. The number of benzene rings is 1. The standard InChI is InChI=1S/C16H17N3O4/c1-7(2)8-3-4-9(17)13-12(8)15(22)19(16(13)23)10-5-6-11(20)18-14(10)21/h3-4,7,10H,5-6,17H2,1-2H3,(H,18,20,21). The van der Waals surface area contributed by atoms with Gasteiger partial charge in [-0.05, 0) is 24.0 Å². The molecule has 2 aliphatic heterocycles. The fourth-order valence-corrected chi connectivity index (χ4v) is 3.12. The zero-order chi connectivity index (χ0) is 16.9. The summed E-state index contributed by atoms with van der Waals surface area (Å²) >= 11 is 0. The zero-order valence-corrected chi connectivity index (χ0v) is 12.9. The first-order chi connectivity index (χ1) is 10.8. The Labute approximate surface area is 132 Å². The maximum Gasteiger partial charge on any atom is 0.264 e. The van der Waals surface area contributed by atoms with Crippen LogP contribution in [0.4, 0.5) is 5.69 Å². The molecule has 2 heterocycles. The van der Waals surface area contributed by atoms with Gasteiger partial charge in [-0.1, -0.05) is 19.9 Å². The van der Waals surface area contributed by atoms with Gasteiger partial charge in [0.1, 0.15) is 6.04 Å². The average molecular weight is 315 g/mol. The lowest BCUT2D eigenvalue weighted by Crippen LogP contribution is -2.54. The third-order valence-electron chi connectivity index (χ3n) is 4.28. The number of piperidine rings is 1. The second-order valence-electron chi connectivity index (χ2n) is 6.10. The van der Waals surface area contributed by atoms with Crippen LogP contribution in [-0.2, 0) is 9.59 Å². The maximum atomic E-state index is 12.8. The second-order valence-corrected chi connectivity index (χ2v) is 6.10. The van der Waals surface area contributed by atoms with E-state index in [1.165, 1.54) is 0 Å². The molecule has 4 amide bonds. The van der Waals surface area contributed by atoms with Crippen molar-refractivity contribution in [1.82, 2.24) is 10.2 Å². The van der Waals surface area contributed by atoms with Crippen LogP contribution in [0.25, 0.3) is 0 Å². The van der Waals surface area contributed by atoms with E-state index in [1.807, 2.05) is 13.8 Å². The van der Waals surface area contributed by atoms with Gasteiger partial charge in [-0.25, -0.2) is 0 Å². The van der Waals surface area contributed by atoms with E-state index in [4.69, 9.17) is 5.73 Å². The van der Waals surface area contributed by atoms with Crippen LogP contribution in [0, 0.1) is 0 Å². The molecule has 1 fully saturated rings. The Kier molecular flexibility index (Phi) is 3.43. The van der Waals surface area contributed by atoms with Gasteiger partial charge in [0.05, 0.1) is 11.1 Å². The monoisotopic (exact) mass is 315 g/mol. The summed E-state index contributed by atoms with van der Waals surface area (Å²) in [5.74, 6) is -2.08. The third kappa shape index (κ3) is 2.19. The van der Waals surface area contributed by atoms with E-state index in [9.17, 15) is 19.2 Å². The highest BCUT2D eigenvalue weighted by Crippen LogP contribution is 2.35. The van der Waals surface area contributed by atoms with Gasteiger partial charge >= 0.3 is 0 Å². The first-order valence-electron chi connectivity index (χ1n) is 7.47. The molecule has 1 saturated heterocycles. The van der Waals surface area contributed by atoms with Crippen molar-refractivity contribution >= 4 is 29.3 Å². The first-order valence-corrected chi connectivity index (χ1v) is 7.47. The number of nitrogens with one attached hydrogen (secondary N) is 1. The fourth-order valence-electron chi connectivity index (χ4n) is 3.12. The third-order valence-corrected chi connectivity index (χ3v) is 4.28. The molecule has 7 nitrogen and oxygen atoms in total. The minimum absolute atomic E-state index is 0.0304. The highest BCUT2D eigenvalue weighted by atomic mass is 16.2. The van der Waals surface area contributed by atoms with Crippen LogP contribution in [0.15, 0.2) is 12.1 Å². The van der Waals surface area contributed by atoms with E-state index in [1.54, 1.807) is 12.1 Å². The molecule has 0 aromatic heterocycles. The summed E-state index contributed by atoms with van der Waals surface area (Å²) in [6, 6.07) is 2.37. The number of carbonyl (C=O) groups is 4. The number of hydrogen-bond acceptors (Lipinski definition) is 5. The van der Waals surface area contributed by atoms with Crippen LogP contribution in [0.3, 0.4) is 0 Å². The lowest BCUT2D eigenvalue weighted by molar-refractivity contribution is -0.136. The van der Waals surface area contributed by atoms with E-state index in [0.29, 0.717) is 0 Å². The number of amides is 4. The SMILES string of the molecule is CC(C)c1ccc(N)c2c1C(=O)N(C1CCC(=O)NC1=O)C2=O. The van der Waals surface area contributed by atoms with Crippen LogP contribution in [0.2, 0.25) is 0 Å². The molecular formula is C16H17N3O4. The van der Waals surface area contributed by atoms with Crippen molar-refractivity contribution in [2.24, 2.45) is 0 Å². The van der Waals surface area contributed by atoms with E-state index >= 15 is 0 Å². The maximum absolute atomic E-state index is 12.8. The molecular weight excluding hydrogens is 298 g/mol. The van der Waals surface area contributed by atoms with E-state index in [0.717, 1.165) is 10.5 Å². The van der Waals surface area contributed by atoms with E-state index < -0.39 is 29.7 Å². The topological polar surface area (TPSA) is 110 Å². The van der Waals surface area contributed by atoms with Crippen LogP contribution in [0.1, 0.15) is 58.9 Å². The molecule has 3 N–H and O–H groups in total. The van der Waals surface area contributed by atoms with Gasteiger partial charge in [0, 0.05) is 12.1 Å². The van der Waals surface area contributed by atoms with Crippen LogP contribution >= 0.6 is 0 Å². The van der Waals surface area contributed by atoms with Crippen molar-refractivity contribution in [3.8, 4) is 0 Å². The number of imide groups is 2. The average Bonchev–Trinajstić information content (AvgIpc) is 2.73. The Balaban J connectivity index is 2.08. The lowest BCUT2D eigenvalue weighted by Gasteiger charge is -2.27. The van der Waals surface area contributed by atoms with Gasteiger partial charge in [-0.3, -0.25) is 29.4 Å². The quantitative estimate of drug-likeness (QED) is 0.619. The molecule has 1 aromatic rings. The molecule has 120 valence electrons. The summed E-state index contributed by atoms with van der Waals surface area (Å²) in [7, 11) is 0. The molecule has 2 aliphatic rings. The molecule has 7 heteroatoms. The number of nitrogens with zero attached hydrogens (tertiary/aromatic N) is 1. The Bertz CT molecular complexity index is 754. The number of nitrogens with two attached hydrogens (primary N) is 1. The van der Waals surface area contributed by atoms with Crippen molar-refractivity contribution in [2.45, 2.75) is 38.6 Å². The summed E-state index contributed by atoms with van der Waals surface area (Å²) in [6.07, 6.45) is 0.226. The number of carbonyl (C=O) groups excluding carboxylic acids is 4. The van der Waals surface area contributed by atoms with Crippen molar-refractivity contribution in [2.75, 3.05) is 5.73 Å². The minimum Gasteiger partial charge on any atom is -0.398 e. The van der Waals surface area contributed by atoms with Crippen molar-refractivity contribution < 1.29 is 19.2 Å². The molecule has 0 spiro atoms. The fraction of sp³-hybridized carbons (Fsp3) is 0.375.